The molecule has 13 heteroatoms. The first-order chi connectivity index (χ1) is 16.9. The summed E-state index contributed by atoms with van der Waals surface area (Å²) in [5, 5.41) is 0.725. The number of hydrogen-bond donors (Lipinski definition) is 1. The number of amides is 2. The smallest absolute Gasteiger partial charge is 0.269 e. The van der Waals surface area contributed by atoms with Gasteiger partial charge in [-0.1, -0.05) is 35.3 Å². The van der Waals surface area contributed by atoms with Crippen molar-refractivity contribution < 1.29 is 22.7 Å². The minimum atomic E-state index is -4.30. The van der Waals surface area contributed by atoms with Crippen molar-refractivity contribution in [3.05, 3.63) is 70.1 Å². The molecule has 2 atom stereocenters. The summed E-state index contributed by atoms with van der Waals surface area (Å²) in [6.07, 6.45) is 1.53. The highest BCUT2D eigenvalue weighted by Crippen LogP contribution is 2.37. The highest BCUT2D eigenvalue weighted by molar-refractivity contribution is 7.89. The lowest BCUT2D eigenvalue weighted by Gasteiger charge is -2.48. The zero-order valence-corrected chi connectivity index (χ0v) is 23.4. The Balaban J connectivity index is 0.00000380. The number of nitrogens with zero attached hydrogens (tertiary/aromatic N) is 3. The van der Waals surface area contributed by atoms with Crippen LogP contribution in [0.4, 0.5) is 0 Å². The number of methoxy groups -OCH3 is 1. The third kappa shape index (κ3) is 5.39. The molecule has 0 aromatic heterocycles. The number of rotatable bonds is 6. The number of fused-ring (bicyclic) bond motifs is 1. The maximum absolute atomic E-state index is 13.9. The molecule has 0 saturated carbocycles. The van der Waals surface area contributed by atoms with Gasteiger partial charge in [0.1, 0.15) is 28.5 Å². The third-order valence-corrected chi connectivity index (χ3v) is 8.40. The van der Waals surface area contributed by atoms with Crippen LogP contribution in [-0.2, 0) is 26.0 Å². The van der Waals surface area contributed by atoms with E-state index in [0.29, 0.717) is 5.02 Å². The Bertz CT molecular complexity index is 1330. The zero-order chi connectivity index (χ0) is 26.4. The topological polar surface area (TPSA) is 113 Å². The number of carbonyl (C=O) groups excluding carboxylic acids is 2. The van der Waals surface area contributed by atoms with Crippen LogP contribution in [0.5, 0.6) is 5.75 Å². The molecule has 0 spiro atoms. The Morgan fingerprint density at radius 3 is 2.27 bits per heavy atom. The molecule has 2 unspecified atom stereocenters. The molecule has 200 valence electrons. The van der Waals surface area contributed by atoms with E-state index in [1.54, 1.807) is 38.1 Å². The lowest BCUT2D eigenvalue weighted by atomic mass is 9.99. The number of halogens is 3. The Hall–Kier alpha value is -2.50. The molecule has 0 aliphatic carbocycles. The van der Waals surface area contributed by atoms with Crippen LogP contribution in [-0.4, -0.2) is 66.1 Å². The van der Waals surface area contributed by atoms with Crippen LogP contribution in [0.15, 0.2) is 59.4 Å². The minimum Gasteiger partial charge on any atom is -0.495 e. The highest BCUT2D eigenvalue weighted by atomic mass is 35.5. The largest absolute Gasteiger partial charge is 0.495 e. The summed E-state index contributed by atoms with van der Waals surface area (Å²) in [4.78, 5) is 29.3. The number of sulfonamides is 1. The summed E-state index contributed by atoms with van der Waals surface area (Å²) < 4.78 is 34.2. The van der Waals surface area contributed by atoms with Gasteiger partial charge in [0.25, 0.3) is 10.0 Å². The monoisotopic (exact) mass is 588 g/mol. The SMILES string of the molecule is COc1ccc(Cl)cc1S(=O)(=O)N1CC(N)C(=O)N2C1=CN(C(C)C)C(=O)C2Cc1ccc(Cl)cc1.Cl. The molecule has 0 radical (unpaired) electrons. The van der Waals surface area contributed by atoms with E-state index in [2.05, 4.69) is 0 Å². The molecule has 0 bridgehead atoms. The Morgan fingerprint density at radius 2 is 1.68 bits per heavy atom. The molecule has 2 heterocycles. The van der Waals surface area contributed by atoms with E-state index in [1.165, 1.54) is 41.3 Å². The molecule has 1 fully saturated rings. The van der Waals surface area contributed by atoms with Crippen molar-refractivity contribution in [3.8, 4) is 5.75 Å². The maximum atomic E-state index is 13.9. The van der Waals surface area contributed by atoms with Gasteiger partial charge in [-0.3, -0.25) is 14.5 Å². The summed E-state index contributed by atoms with van der Waals surface area (Å²) in [7, 11) is -2.95. The highest BCUT2D eigenvalue weighted by Gasteiger charge is 2.49. The van der Waals surface area contributed by atoms with E-state index < -0.39 is 28.0 Å². The van der Waals surface area contributed by atoms with E-state index in [9.17, 15) is 18.0 Å². The van der Waals surface area contributed by atoms with Gasteiger partial charge in [-0.2, -0.15) is 0 Å². The Morgan fingerprint density at radius 1 is 1.05 bits per heavy atom. The molecule has 1 saturated heterocycles. The Labute approximate surface area is 232 Å². The second-order valence-corrected chi connectivity index (χ2v) is 11.5. The van der Waals surface area contributed by atoms with E-state index in [0.717, 1.165) is 9.87 Å². The fraction of sp³-hybridized carbons (Fsp3) is 0.333. The molecule has 2 aliphatic heterocycles. The average Bonchev–Trinajstić information content (AvgIpc) is 2.83. The van der Waals surface area contributed by atoms with E-state index in [-0.39, 0.29) is 58.8 Å². The van der Waals surface area contributed by atoms with Crippen molar-refractivity contribution in [2.75, 3.05) is 13.7 Å². The van der Waals surface area contributed by atoms with Crippen molar-refractivity contribution in [2.45, 2.75) is 43.3 Å². The van der Waals surface area contributed by atoms with E-state index in [4.69, 9.17) is 33.7 Å². The molecule has 2 N–H and O–H groups in total. The van der Waals surface area contributed by atoms with Gasteiger partial charge in [0.15, 0.2) is 0 Å². The quantitative estimate of drug-likeness (QED) is 0.554. The summed E-state index contributed by atoms with van der Waals surface area (Å²) in [5.41, 5.74) is 6.89. The molecule has 37 heavy (non-hydrogen) atoms. The molecule has 2 aromatic rings. The van der Waals surface area contributed by atoms with Gasteiger partial charge >= 0.3 is 0 Å². The van der Waals surface area contributed by atoms with Crippen molar-refractivity contribution in [1.82, 2.24) is 14.1 Å². The van der Waals surface area contributed by atoms with Crippen LogP contribution >= 0.6 is 35.6 Å². The fourth-order valence-electron chi connectivity index (χ4n) is 4.29. The average molecular weight is 590 g/mol. The molecule has 9 nitrogen and oxygen atoms in total. The maximum Gasteiger partial charge on any atom is 0.269 e. The number of ether oxygens (including phenoxy) is 1. The van der Waals surface area contributed by atoms with E-state index >= 15 is 0 Å². The number of benzene rings is 2. The number of hydrogen-bond acceptors (Lipinski definition) is 6. The predicted octanol–water partition coefficient (Wildman–Crippen LogP) is 3.24. The van der Waals surface area contributed by atoms with Gasteiger partial charge in [0.2, 0.25) is 11.8 Å². The van der Waals surface area contributed by atoms with Crippen LogP contribution in [0.1, 0.15) is 19.4 Å². The normalized spacial score (nSPS) is 20.0. The first-order valence-electron chi connectivity index (χ1n) is 11.2. The van der Waals surface area contributed by atoms with Crippen molar-refractivity contribution in [3.63, 3.8) is 0 Å². The van der Waals surface area contributed by atoms with Crippen molar-refractivity contribution in [1.29, 1.82) is 0 Å². The Kier molecular flexibility index (Phi) is 8.71. The van der Waals surface area contributed by atoms with Crippen LogP contribution in [0, 0.1) is 0 Å². The zero-order valence-electron chi connectivity index (χ0n) is 20.3. The standard InChI is InChI=1S/C24H26Cl2N4O5S.ClH/c1-14(2)28-13-22-29(36(33,34)21-11-17(26)8-9-20(21)35-3)12-18(27)23(31)30(22)19(24(28)32)10-15-4-6-16(25)7-5-15;/h4-9,11,13-14,18-19H,10,12,27H2,1-3H3;1H. The van der Waals surface area contributed by atoms with Crippen molar-refractivity contribution >= 4 is 57.4 Å². The molecular formula is C24H27Cl3N4O5S. The van der Waals surface area contributed by atoms with Gasteiger partial charge in [0, 0.05) is 28.7 Å². The van der Waals surface area contributed by atoms with Gasteiger partial charge in [-0.25, -0.2) is 12.7 Å². The van der Waals surface area contributed by atoms with Gasteiger partial charge in [-0.15, -0.1) is 12.4 Å². The molecule has 2 aliphatic rings. The predicted molar refractivity (Wildman–Crippen MR) is 143 cm³/mol. The van der Waals surface area contributed by atoms with E-state index in [1.807, 2.05) is 0 Å². The van der Waals surface area contributed by atoms with Gasteiger partial charge < -0.3 is 15.4 Å². The molecule has 2 amide bonds. The second-order valence-electron chi connectivity index (χ2n) is 8.82. The first kappa shape index (κ1) is 29.1. The lowest BCUT2D eigenvalue weighted by Crippen LogP contribution is -2.66. The summed E-state index contributed by atoms with van der Waals surface area (Å²) in [5.74, 6) is -0.761. The number of carbonyl (C=O) groups is 2. The first-order valence-corrected chi connectivity index (χ1v) is 13.4. The van der Waals surface area contributed by atoms with Crippen LogP contribution in [0.3, 0.4) is 0 Å². The van der Waals surface area contributed by atoms with Gasteiger partial charge in [0.05, 0.1) is 13.7 Å². The number of nitrogens with two attached hydrogens (primary N) is 1. The van der Waals surface area contributed by atoms with Crippen LogP contribution in [0.2, 0.25) is 10.0 Å². The second kappa shape index (κ2) is 11.1. The summed E-state index contributed by atoms with van der Waals surface area (Å²) in [6.45, 7) is 3.30. The summed E-state index contributed by atoms with van der Waals surface area (Å²) in [6, 6.07) is 8.64. The summed E-state index contributed by atoms with van der Waals surface area (Å²) >= 11 is 12.1. The molecule has 2 aromatic carbocycles. The van der Waals surface area contributed by atoms with Crippen LogP contribution < -0.4 is 10.5 Å². The van der Waals surface area contributed by atoms with Crippen LogP contribution in [0.25, 0.3) is 0 Å². The molecule has 4 rings (SSSR count). The third-order valence-electron chi connectivity index (χ3n) is 6.12. The van der Waals surface area contributed by atoms with Gasteiger partial charge in [-0.05, 0) is 49.7 Å². The molecular weight excluding hydrogens is 563 g/mol. The lowest BCUT2D eigenvalue weighted by molar-refractivity contribution is -0.149. The fourth-order valence-corrected chi connectivity index (χ4v) is 6.31. The minimum absolute atomic E-state index is 0. The van der Waals surface area contributed by atoms with Crippen molar-refractivity contribution in [2.24, 2.45) is 5.73 Å².